The molecule has 1 heterocycles. The predicted molar refractivity (Wildman–Crippen MR) is 87.0 cm³/mol. The van der Waals surface area contributed by atoms with E-state index in [1.54, 1.807) is 14.1 Å². The van der Waals surface area contributed by atoms with Crippen LogP contribution in [0.25, 0.3) is 0 Å². The molecule has 1 rings (SSSR count). The maximum absolute atomic E-state index is 9.43. The number of hydrogen-bond acceptors (Lipinski definition) is 3. The molecule has 4 nitrogen and oxygen atoms in total. The molecule has 1 saturated heterocycles. The lowest BCUT2D eigenvalue weighted by Gasteiger charge is -2.19. The van der Waals surface area contributed by atoms with Crippen molar-refractivity contribution >= 4 is 6.41 Å². The molecule has 0 aromatic rings. The van der Waals surface area contributed by atoms with Gasteiger partial charge in [-0.15, -0.1) is 0 Å². The second-order valence-corrected chi connectivity index (χ2v) is 6.21. The molecular formula is C16H35N3O. The van der Waals surface area contributed by atoms with Gasteiger partial charge < -0.3 is 15.1 Å². The molecule has 1 fully saturated rings. The average Bonchev–Trinajstić information content (AvgIpc) is 2.83. The maximum atomic E-state index is 9.43. The number of carbonyl (C=O) groups excluding carboxylic acids is 1. The Morgan fingerprint density at radius 3 is 2.25 bits per heavy atom. The Kier molecular flexibility index (Phi) is 11.8. The Balaban J connectivity index is 0.000000621. The normalized spacial score (nSPS) is 21.5. The lowest BCUT2D eigenvalue weighted by Crippen LogP contribution is -2.31. The number of nitrogens with zero attached hydrogens (tertiary/aromatic N) is 2. The van der Waals surface area contributed by atoms with Crippen molar-refractivity contribution in [3.8, 4) is 0 Å². The molecule has 1 aliphatic rings. The highest BCUT2D eigenvalue weighted by Gasteiger charge is 2.19. The lowest BCUT2D eigenvalue weighted by molar-refractivity contribution is -0.115. The summed E-state index contributed by atoms with van der Waals surface area (Å²) in [5.41, 5.74) is 0. The Bertz CT molecular complexity index is 234. The van der Waals surface area contributed by atoms with Crippen LogP contribution in [0, 0.1) is 0 Å². The van der Waals surface area contributed by atoms with Gasteiger partial charge in [-0.25, -0.2) is 0 Å². The fourth-order valence-corrected chi connectivity index (χ4v) is 2.37. The molecule has 0 bridgehead atoms. The molecular weight excluding hydrogens is 250 g/mol. The summed E-state index contributed by atoms with van der Waals surface area (Å²) in [6.45, 7) is 7.10. The third kappa shape index (κ3) is 11.2. The van der Waals surface area contributed by atoms with Crippen molar-refractivity contribution in [1.82, 2.24) is 15.1 Å². The zero-order valence-electron chi connectivity index (χ0n) is 14.2. The third-order valence-corrected chi connectivity index (χ3v) is 3.68. The standard InChI is InChI=1S/C13H28N2.C3H7NO/c1-4-5-6-10-15(3)11-9-13-8-7-12(2)14-13;1-4(2)3-5/h12-14H,4-11H2,1-3H3;3H,1-2H3. The number of unbranched alkanes of at least 4 members (excludes halogenated alkanes) is 2. The first-order valence-electron chi connectivity index (χ1n) is 8.05. The average molecular weight is 285 g/mol. The molecule has 4 heteroatoms. The number of rotatable bonds is 8. The largest absolute Gasteiger partial charge is 0.351 e. The monoisotopic (exact) mass is 285 g/mol. The molecule has 0 radical (unpaired) electrons. The van der Waals surface area contributed by atoms with Crippen molar-refractivity contribution in [2.45, 2.75) is 64.5 Å². The highest BCUT2D eigenvalue weighted by atomic mass is 16.1. The van der Waals surface area contributed by atoms with E-state index in [4.69, 9.17) is 0 Å². The smallest absolute Gasteiger partial charge is 0.209 e. The number of carbonyl (C=O) groups is 1. The Hall–Kier alpha value is -0.610. The van der Waals surface area contributed by atoms with E-state index in [1.165, 1.54) is 56.5 Å². The number of nitrogens with one attached hydrogen (secondary N) is 1. The first-order chi connectivity index (χ1) is 9.49. The Labute approximate surface area is 125 Å². The second-order valence-electron chi connectivity index (χ2n) is 6.21. The summed E-state index contributed by atoms with van der Waals surface area (Å²) in [4.78, 5) is 13.4. The van der Waals surface area contributed by atoms with E-state index < -0.39 is 0 Å². The SMILES string of the molecule is CCCCCN(C)CCC1CCC(C)N1.CN(C)C=O. The van der Waals surface area contributed by atoms with Crippen molar-refractivity contribution in [1.29, 1.82) is 0 Å². The molecule has 1 aliphatic heterocycles. The van der Waals surface area contributed by atoms with E-state index in [9.17, 15) is 4.79 Å². The van der Waals surface area contributed by atoms with E-state index in [1.807, 2.05) is 0 Å². The molecule has 0 spiro atoms. The van der Waals surface area contributed by atoms with Crippen molar-refractivity contribution in [3.63, 3.8) is 0 Å². The molecule has 1 N–H and O–H groups in total. The molecule has 2 unspecified atom stereocenters. The summed E-state index contributed by atoms with van der Waals surface area (Å²) < 4.78 is 0. The highest BCUT2D eigenvalue weighted by molar-refractivity contribution is 5.45. The Morgan fingerprint density at radius 2 is 1.80 bits per heavy atom. The van der Waals surface area contributed by atoms with Crippen LogP contribution in [-0.4, -0.2) is 62.5 Å². The van der Waals surface area contributed by atoms with Gasteiger partial charge in [0.25, 0.3) is 0 Å². The van der Waals surface area contributed by atoms with E-state index in [0.29, 0.717) is 0 Å². The van der Waals surface area contributed by atoms with Crippen LogP contribution in [0.3, 0.4) is 0 Å². The van der Waals surface area contributed by atoms with Gasteiger partial charge in [-0.05, 0) is 52.7 Å². The van der Waals surface area contributed by atoms with Crippen LogP contribution in [0.15, 0.2) is 0 Å². The van der Waals surface area contributed by atoms with Crippen LogP contribution < -0.4 is 5.32 Å². The van der Waals surface area contributed by atoms with Crippen LogP contribution in [0.4, 0.5) is 0 Å². The fourth-order valence-electron chi connectivity index (χ4n) is 2.37. The van der Waals surface area contributed by atoms with Gasteiger partial charge in [0.05, 0.1) is 0 Å². The van der Waals surface area contributed by atoms with Crippen LogP contribution in [-0.2, 0) is 4.79 Å². The predicted octanol–water partition coefficient (Wildman–Crippen LogP) is 2.34. The summed E-state index contributed by atoms with van der Waals surface area (Å²) >= 11 is 0. The third-order valence-electron chi connectivity index (χ3n) is 3.68. The molecule has 0 aromatic carbocycles. The zero-order valence-corrected chi connectivity index (χ0v) is 14.2. The fraction of sp³-hybridized carbons (Fsp3) is 0.938. The first-order valence-corrected chi connectivity index (χ1v) is 8.05. The summed E-state index contributed by atoms with van der Waals surface area (Å²) in [6.07, 6.45) is 8.89. The first kappa shape index (κ1) is 19.4. The van der Waals surface area contributed by atoms with Gasteiger partial charge in [0.2, 0.25) is 6.41 Å². The topological polar surface area (TPSA) is 35.6 Å². The Morgan fingerprint density at radius 1 is 1.15 bits per heavy atom. The van der Waals surface area contributed by atoms with Gasteiger partial charge in [-0.2, -0.15) is 0 Å². The van der Waals surface area contributed by atoms with E-state index in [2.05, 4.69) is 31.1 Å². The van der Waals surface area contributed by atoms with Crippen LogP contribution in [0.1, 0.15) is 52.4 Å². The lowest BCUT2D eigenvalue weighted by atomic mass is 10.1. The van der Waals surface area contributed by atoms with Crippen molar-refractivity contribution < 1.29 is 4.79 Å². The van der Waals surface area contributed by atoms with Crippen LogP contribution in [0.5, 0.6) is 0 Å². The van der Waals surface area contributed by atoms with Crippen molar-refractivity contribution in [2.75, 3.05) is 34.2 Å². The van der Waals surface area contributed by atoms with Crippen molar-refractivity contribution in [3.05, 3.63) is 0 Å². The summed E-state index contributed by atoms with van der Waals surface area (Å²) in [5.74, 6) is 0. The van der Waals surface area contributed by atoms with Gasteiger partial charge >= 0.3 is 0 Å². The van der Waals surface area contributed by atoms with E-state index in [-0.39, 0.29) is 0 Å². The number of amides is 1. The van der Waals surface area contributed by atoms with Gasteiger partial charge in [0.15, 0.2) is 0 Å². The van der Waals surface area contributed by atoms with E-state index in [0.717, 1.165) is 18.5 Å². The van der Waals surface area contributed by atoms with Crippen molar-refractivity contribution in [2.24, 2.45) is 0 Å². The minimum Gasteiger partial charge on any atom is -0.351 e. The number of hydrogen-bond donors (Lipinski definition) is 1. The van der Waals surface area contributed by atoms with Gasteiger partial charge in [0, 0.05) is 26.2 Å². The van der Waals surface area contributed by atoms with Crippen LogP contribution >= 0.6 is 0 Å². The maximum Gasteiger partial charge on any atom is 0.209 e. The van der Waals surface area contributed by atoms with E-state index >= 15 is 0 Å². The van der Waals surface area contributed by atoms with Crippen LogP contribution in [0.2, 0.25) is 0 Å². The summed E-state index contributed by atoms with van der Waals surface area (Å²) in [7, 11) is 5.63. The molecule has 2 atom stereocenters. The molecule has 0 saturated carbocycles. The highest BCUT2D eigenvalue weighted by Crippen LogP contribution is 2.14. The van der Waals surface area contributed by atoms with Gasteiger partial charge in [0.1, 0.15) is 0 Å². The van der Waals surface area contributed by atoms with Gasteiger partial charge in [-0.3, -0.25) is 4.79 Å². The molecule has 20 heavy (non-hydrogen) atoms. The molecule has 120 valence electrons. The summed E-state index contributed by atoms with van der Waals surface area (Å²) in [5, 5.41) is 3.65. The minimum atomic E-state index is 0.750. The quantitative estimate of drug-likeness (QED) is 0.549. The molecule has 1 amide bonds. The minimum absolute atomic E-state index is 0.750. The second kappa shape index (κ2) is 12.2. The zero-order chi connectivity index (χ0) is 15.4. The van der Waals surface area contributed by atoms with Gasteiger partial charge in [-0.1, -0.05) is 19.8 Å². The molecule has 0 aliphatic carbocycles. The summed E-state index contributed by atoms with van der Waals surface area (Å²) in [6, 6.07) is 1.54. The molecule has 0 aromatic heterocycles.